The summed E-state index contributed by atoms with van der Waals surface area (Å²) in [7, 11) is -3.32. The molecular formula is C20H25N3O3S. The van der Waals surface area contributed by atoms with Gasteiger partial charge in [0.2, 0.25) is 10.0 Å². The average molecular weight is 388 g/mol. The Morgan fingerprint density at radius 3 is 2.37 bits per heavy atom. The van der Waals surface area contributed by atoms with Crippen molar-refractivity contribution in [3.05, 3.63) is 53.1 Å². The Morgan fingerprint density at radius 2 is 1.70 bits per heavy atom. The summed E-state index contributed by atoms with van der Waals surface area (Å²) >= 11 is 0. The third-order valence-corrected chi connectivity index (χ3v) is 6.73. The van der Waals surface area contributed by atoms with Crippen molar-refractivity contribution in [2.75, 3.05) is 27.2 Å². The molecule has 1 heterocycles. The van der Waals surface area contributed by atoms with E-state index in [0.29, 0.717) is 36.4 Å². The minimum Gasteiger partial charge on any atom is -0.308 e. The van der Waals surface area contributed by atoms with Crippen LogP contribution in [0.15, 0.2) is 36.4 Å². The lowest BCUT2D eigenvalue weighted by molar-refractivity contribution is 0.262. The highest BCUT2D eigenvalue weighted by atomic mass is 32.2. The van der Waals surface area contributed by atoms with Crippen LogP contribution in [0.1, 0.15) is 30.0 Å². The first-order valence-electron chi connectivity index (χ1n) is 9.09. The standard InChI is InChI=1S/C20H25N3O3S/c1-4-11-27(25,26)23-10-9-16-6-8-18(13-19(16)23)22-20(24)21-17-7-5-14(2)15(3)12-17/h5-8,12-13H,4,9-11H2,1-3H3,(H2,21,22,24). The molecule has 2 aromatic rings. The number of anilines is 3. The van der Waals surface area contributed by atoms with E-state index in [4.69, 9.17) is 0 Å². The Balaban J connectivity index is 1.75. The summed E-state index contributed by atoms with van der Waals surface area (Å²) in [5, 5.41) is 5.59. The molecule has 0 spiro atoms. The van der Waals surface area contributed by atoms with Crippen LogP contribution < -0.4 is 14.9 Å². The summed E-state index contributed by atoms with van der Waals surface area (Å²) < 4.78 is 26.4. The molecule has 1 aliphatic rings. The summed E-state index contributed by atoms with van der Waals surface area (Å²) in [5.74, 6) is 0.122. The van der Waals surface area contributed by atoms with E-state index in [1.165, 1.54) is 4.31 Å². The maximum Gasteiger partial charge on any atom is 0.323 e. The highest BCUT2D eigenvalue weighted by molar-refractivity contribution is 7.92. The van der Waals surface area contributed by atoms with Gasteiger partial charge >= 0.3 is 6.03 Å². The number of nitrogens with one attached hydrogen (secondary N) is 2. The largest absolute Gasteiger partial charge is 0.323 e. The number of carbonyl (C=O) groups excluding carboxylic acids is 1. The zero-order valence-corrected chi connectivity index (χ0v) is 16.7. The molecule has 0 aromatic heterocycles. The molecule has 0 saturated heterocycles. The smallest absolute Gasteiger partial charge is 0.308 e. The molecule has 0 bridgehead atoms. The third kappa shape index (κ3) is 4.24. The molecule has 0 fully saturated rings. The molecule has 144 valence electrons. The van der Waals surface area contributed by atoms with E-state index in [9.17, 15) is 13.2 Å². The van der Waals surface area contributed by atoms with Crippen molar-refractivity contribution in [2.24, 2.45) is 0 Å². The first-order valence-corrected chi connectivity index (χ1v) is 10.7. The Hall–Kier alpha value is -2.54. The van der Waals surface area contributed by atoms with Gasteiger partial charge < -0.3 is 10.6 Å². The van der Waals surface area contributed by atoms with E-state index in [2.05, 4.69) is 10.6 Å². The van der Waals surface area contributed by atoms with Crippen LogP contribution in [0.2, 0.25) is 0 Å². The molecule has 27 heavy (non-hydrogen) atoms. The summed E-state index contributed by atoms with van der Waals surface area (Å²) in [4.78, 5) is 12.3. The first kappa shape index (κ1) is 19.2. The third-order valence-electron chi connectivity index (χ3n) is 4.76. The molecule has 7 heteroatoms. The molecule has 2 N–H and O–H groups in total. The van der Waals surface area contributed by atoms with Crippen molar-refractivity contribution in [3.8, 4) is 0 Å². The van der Waals surface area contributed by atoms with Crippen molar-refractivity contribution in [1.29, 1.82) is 0 Å². The van der Waals surface area contributed by atoms with Gasteiger partial charge in [0.25, 0.3) is 0 Å². The Kier molecular flexibility index (Phi) is 5.41. The fraction of sp³-hybridized carbons (Fsp3) is 0.350. The average Bonchev–Trinajstić information content (AvgIpc) is 3.02. The number of carbonyl (C=O) groups is 1. The van der Waals surface area contributed by atoms with Gasteiger partial charge in [-0.15, -0.1) is 0 Å². The lowest BCUT2D eigenvalue weighted by Crippen LogP contribution is -2.31. The van der Waals surface area contributed by atoms with Crippen molar-refractivity contribution < 1.29 is 13.2 Å². The van der Waals surface area contributed by atoms with Gasteiger partial charge in [-0.2, -0.15) is 0 Å². The molecule has 0 unspecified atom stereocenters. The molecule has 1 aliphatic heterocycles. The van der Waals surface area contributed by atoms with Gasteiger partial charge in [-0.1, -0.05) is 19.1 Å². The fourth-order valence-corrected chi connectivity index (χ4v) is 4.77. The number of fused-ring (bicyclic) bond motifs is 1. The predicted molar refractivity (Wildman–Crippen MR) is 110 cm³/mol. The normalized spacial score (nSPS) is 13.4. The fourth-order valence-electron chi connectivity index (χ4n) is 3.20. The Labute approximate surface area is 160 Å². The lowest BCUT2D eigenvalue weighted by Gasteiger charge is -2.20. The Morgan fingerprint density at radius 1 is 1.04 bits per heavy atom. The van der Waals surface area contributed by atoms with Crippen molar-refractivity contribution in [3.63, 3.8) is 0 Å². The van der Waals surface area contributed by atoms with Crippen LogP contribution in [0.5, 0.6) is 0 Å². The SMILES string of the molecule is CCCS(=O)(=O)N1CCc2ccc(NC(=O)Nc3ccc(C)c(C)c3)cc21. The van der Waals surface area contributed by atoms with E-state index < -0.39 is 10.0 Å². The summed E-state index contributed by atoms with van der Waals surface area (Å²) in [6, 6.07) is 10.8. The number of nitrogens with zero attached hydrogens (tertiary/aromatic N) is 1. The van der Waals surface area contributed by atoms with Crippen molar-refractivity contribution >= 4 is 33.1 Å². The zero-order chi connectivity index (χ0) is 19.6. The number of benzene rings is 2. The molecular weight excluding hydrogens is 362 g/mol. The lowest BCUT2D eigenvalue weighted by atomic mass is 10.1. The maximum absolute atomic E-state index is 12.5. The van der Waals surface area contributed by atoms with Gasteiger partial charge in [-0.25, -0.2) is 13.2 Å². The van der Waals surface area contributed by atoms with E-state index in [0.717, 1.165) is 16.7 Å². The number of hydrogen-bond donors (Lipinski definition) is 2. The van der Waals surface area contributed by atoms with Crippen LogP contribution in [-0.2, 0) is 16.4 Å². The van der Waals surface area contributed by atoms with Gasteiger partial charge in [-0.05, 0) is 67.6 Å². The second kappa shape index (κ2) is 7.60. The second-order valence-corrected chi connectivity index (χ2v) is 8.87. The molecule has 0 saturated carbocycles. The minimum atomic E-state index is -3.32. The summed E-state index contributed by atoms with van der Waals surface area (Å²) in [6.07, 6.45) is 1.26. The van der Waals surface area contributed by atoms with Crippen molar-refractivity contribution in [1.82, 2.24) is 0 Å². The number of aryl methyl sites for hydroxylation is 2. The van der Waals surface area contributed by atoms with E-state index in [-0.39, 0.29) is 11.8 Å². The quantitative estimate of drug-likeness (QED) is 0.812. The molecule has 0 aliphatic carbocycles. The van der Waals surface area contributed by atoms with Crippen LogP contribution in [0, 0.1) is 13.8 Å². The number of hydrogen-bond acceptors (Lipinski definition) is 3. The van der Waals surface area contributed by atoms with Gasteiger partial charge in [0.1, 0.15) is 0 Å². The van der Waals surface area contributed by atoms with Crippen LogP contribution in [0.4, 0.5) is 21.9 Å². The number of amides is 2. The van der Waals surface area contributed by atoms with Gasteiger partial charge in [-0.3, -0.25) is 4.31 Å². The highest BCUT2D eigenvalue weighted by Gasteiger charge is 2.29. The molecule has 0 radical (unpaired) electrons. The summed E-state index contributed by atoms with van der Waals surface area (Å²) in [6.45, 7) is 6.31. The highest BCUT2D eigenvalue weighted by Crippen LogP contribution is 2.33. The van der Waals surface area contributed by atoms with Gasteiger partial charge in [0.05, 0.1) is 11.4 Å². The minimum absolute atomic E-state index is 0.122. The molecule has 2 amide bonds. The number of urea groups is 1. The number of sulfonamides is 1. The zero-order valence-electron chi connectivity index (χ0n) is 15.9. The number of rotatable bonds is 5. The predicted octanol–water partition coefficient (Wildman–Crippen LogP) is 4.05. The molecule has 2 aromatic carbocycles. The van der Waals surface area contributed by atoms with Crippen LogP contribution in [-0.4, -0.2) is 26.7 Å². The molecule has 6 nitrogen and oxygen atoms in total. The molecule has 0 atom stereocenters. The topological polar surface area (TPSA) is 78.5 Å². The van der Waals surface area contributed by atoms with E-state index in [1.807, 2.05) is 45.0 Å². The Bertz CT molecular complexity index is 970. The second-order valence-electron chi connectivity index (χ2n) is 6.86. The van der Waals surface area contributed by atoms with E-state index in [1.54, 1.807) is 12.1 Å². The van der Waals surface area contributed by atoms with Gasteiger partial charge in [0.15, 0.2) is 0 Å². The van der Waals surface area contributed by atoms with Crippen LogP contribution in [0.25, 0.3) is 0 Å². The monoisotopic (exact) mass is 387 g/mol. The van der Waals surface area contributed by atoms with Crippen molar-refractivity contribution in [2.45, 2.75) is 33.6 Å². The summed E-state index contributed by atoms with van der Waals surface area (Å²) in [5.41, 5.74) is 5.18. The first-order chi connectivity index (χ1) is 12.8. The van der Waals surface area contributed by atoms with Crippen LogP contribution in [0.3, 0.4) is 0 Å². The van der Waals surface area contributed by atoms with Crippen LogP contribution >= 0.6 is 0 Å². The van der Waals surface area contributed by atoms with E-state index >= 15 is 0 Å². The van der Waals surface area contributed by atoms with Gasteiger partial charge in [0, 0.05) is 17.9 Å². The molecule has 3 rings (SSSR count). The maximum atomic E-state index is 12.5.